The van der Waals surface area contributed by atoms with E-state index >= 15 is 0 Å². The van der Waals surface area contributed by atoms with E-state index in [0.29, 0.717) is 17.0 Å². The summed E-state index contributed by atoms with van der Waals surface area (Å²) in [5.41, 5.74) is 1.07. The number of thiazole rings is 1. The number of nitrogens with zero attached hydrogens (tertiary/aromatic N) is 3. The second-order valence-electron chi connectivity index (χ2n) is 6.75. The van der Waals surface area contributed by atoms with Gasteiger partial charge < -0.3 is 4.98 Å². The summed E-state index contributed by atoms with van der Waals surface area (Å²) in [6.45, 7) is 1.22. The maximum absolute atomic E-state index is 14.2. The fourth-order valence-corrected chi connectivity index (χ4v) is 4.05. The Morgan fingerprint density at radius 1 is 1.22 bits per heavy atom. The van der Waals surface area contributed by atoms with E-state index in [2.05, 4.69) is 9.97 Å². The molecule has 0 saturated carbocycles. The fourth-order valence-electron chi connectivity index (χ4n) is 3.22. The number of fused-ring (bicyclic) bond motifs is 1. The number of para-hydroxylation sites is 1. The number of halogens is 2. The summed E-state index contributed by atoms with van der Waals surface area (Å²) in [5, 5.41) is 11.9. The molecule has 9 heteroatoms. The van der Waals surface area contributed by atoms with Crippen LogP contribution in [0, 0.1) is 23.0 Å². The zero-order chi connectivity index (χ0) is 22.8. The van der Waals surface area contributed by atoms with Gasteiger partial charge in [0.05, 0.1) is 11.4 Å². The topological polar surface area (TPSA) is 89.8 Å². The molecular formula is C23H14F2N4O2S. The summed E-state index contributed by atoms with van der Waals surface area (Å²) in [5.74, 6) is -2.70. The predicted octanol–water partition coefficient (Wildman–Crippen LogP) is 5.38. The van der Waals surface area contributed by atoms with Crippen molar-refractivity contribution < 1.29 is 18.4 Å². The lowest BCUT2D eigenvalue weighted by Crippen LogP contribution is -2.23. The van der Waals surface area contributed by atoms with E-state index in [1.54, 1.807) is 18.3 Å². The quantitative estimate of drug-likeness (QED) is 0.252. The molecule has 0 atom stereocenters. The summed E-state index contributed by atoms with van der Waals surface area (Å²) < 4.78 is 27.5. The number of benzene rings is 2. The third-order valence-electron chi connectivity index (χ3n) is 4.66. The normalized spacial score (nSPS) is 11.4. The van der Waals surface area contributed by atoms with Crippen molar-refractivity contribution in [2.75, 3.05) is 4.90 Å². The Hall–Kier alpha value is -4.16. The summed E-state index contributed by atoms with van der Waals surface area (Å²) in [6.07, 6.45) is 2.85. The van der Waals surface area contributed by atoms with E-state index in [0.717, 1.165) is 33.9 Å². The Kier molecular flexibility index (Phi) is 5.62. The highest BCUT2D eigenvalue weighted by atomic mass is 32.1. The number of hydrogen-bond acceptors (Lipinski definition) is 5. The first-order valence-electron chi connectivity index (χ1n) is 9.33. The lowest BCUT2D eigenvalue weighted by molar-refractivity contribution is -0.115. The lowest BCUT2D eigenvalue weighted by Gasteiger charge is -2.18. The minimum atomic E-state index is -0.917. The van der Waals surface area contributed by atoms with Gasteiger partial charge in [-0.2, -0.15) is 5.26 Å². The second-order valence-corrected chi connectivity index (χ2v) is 7.59. The molecule has 0 unspecified atom stereocenters. The number of hydrogen-bond donors (Lipinski definition) is 1. The van der Waals surface area contributed by atoms with Crippen LogP contribution in [-0.4, -0.2) is 21.7 Å². The van der Waals surface area contributed by atoms with Crippen LogP contribution in [0.2, 0.25) is 0 Å². The van der Waals surface area contributed by atoms with Gasteiger partial charge in [0.2, 0.25) is 11.7 Å². The van der Waals surface area contributed by atoms with Crippen molar-refractivity contribution in [3.8, 4) is 6.07 Å². The van der Waals surface area contributed by atoms with Gasteiger partial charge in [-0.1, -0.05) is 18.2 Å². The van der Waals surface area contributed by atoms with Gasteiger partial charge in [-0.15, -0.1) is 11.3 Å². The third kappa shape index (κ3) is 3.91. The van der Waals surface area contributed by atoms with Crippen molar-refractivity contribution in [1.29, 1.82) is 5.26 Å². The molecule has 0 spiro atoms. The highest BCUT2D eigenvalue weighted by Crippen LogP contribution is 2.32. The highest BCUT2D eigenvalue weighted by molar-refractivity contribution is 7.14. The molecule has 6 nitrogen and oxygen atoms in total. The zero-order valence-electron chi connectivity index (χ0n) is 16.6. The van der Waals surface area contributed by atoms with Crippen LogP contribution in [0.1, 0.15) is 23.0 Å². The van der Waals surface area contributed by atoms with Gasteiger partial charge in [0, 0.05) is 41.0 Å². The number of nitriles is 1. The maximum atomic E-state index is 14.2. The molecule has 1 N–H and O–H groups in total. The summed E-state index contributed by atoms with van der Waals surface area (Å²) >= 11 is 1.02. The molecule has 1 amide bonds. The van der Waals surface area contributed by atoms with Crippen LogP contribution in [0.25, 0.3) is 17.0 Å². The second kappa shape index (κ2) is 8.53. The van der Waals surface area contributed by atoms with Gasteiger partial charge in [0.25, 0.3) is 0 Å². The van der Waals surface area contributed by atoms with E-state index < -0.39 is 23.3 Å². The Labute approximate surface area is 185 Å². The molecule has 0 fully saturated rings. The number of nitrogens with one attached hydrogen (secondary N) is 1. The number of H-pyrrole nitrogens is 1. The molecule has 158 valence electrons. The summed E-state index contributed by atoms with van der Waals surface area (Å²) in [7, 11) is 0. The van der Waals surface area contributed by atoms with E-state index in [1.807, 2.05) is 18.2 Å². The Morgan fingerprint density at radius 2 is 2.00 bits per heavy atom. The molecule has 0 saturated heterocycles. The van der Waals surface area contributed by atoms with E-state index in [-0.39, 0.29) is 22.1 Å². The van der Waals surface area contributed by atoms with Crippen LogP contribution in [0.5, 0.6) is 0 Å². The number of ketones is 1. The van der Waals surface area contributed by atoms with Gasteiger partial charge in [-0.3, -0.25) is 14.5 Å². The van der Waals surface area contributed by atoms with E-state index in [9.17, 15) is 23.6 Å². The van der Waals surface area contributed by atoms with Crippen LogP contribution in [0.15, 0.2) is 59.6 Å². The molecule has 32 heavy (non-hydrogen) atoms. The molecule has 0 aliphatic carbocycles. The highest BCUT2D eigenvalue weighted by Gasteiger charge is 2.22. The number of Topliss-reactive ketones (excluding diaryl/α,β-unsaturated/α-hetero) is 1. The van der Waals surface area contributed by atoms with Crippen LogP contribution in [-0.2, 0) is 4.79 Å². The van der Waals surface area contributed by atoms with Crippen molar-refractivity contribution in [3.05, 3.63) is 82.5 Å². The third-order valence-corrected chi connectivity index (χ3v) is 5.50. The van der Waals surface area contributed by atoms with Crippen LogP contribution >= 0.6 is 11.3 Å². The van der Waals surface area contributed by atoms with Crippen molar-refractivity contribution in [2.24, 2.45) is 0 Å². The lowest BCUT2D eigenvalue weighted by atomic mass is 10.0. The minimum absolute atomic E-state index is 0.117. The molecule has 2 heterocycles. The smallest absolute Gasteiger partial charge is 0.230 e. The fraction of sp³-hybridized carbons (Fsp3) is 0.0435. The van der Waals surface area contributed by atoms with Gasteiger partial charge >= 0.3 is 0 Å². The SMILES string of the molecule is CC(=O)N(c1nc(/C=C(\C#N)C(=O)c2c[nH]c3ccccc23)cs1)c1ccc(F)cc1F. The molecule has 2 aromatic carbocycles. The molecule has 2 aromatic heterocycles. The number of carbonyl (C=O) groups excluding carboxylic acids is 2. The first-order valence-corrected chi connectivity index (χ1v) is 10.2. The Morgan fingerprint density at radius 3 is 2.72 bits per heavy atom. The van der Waals surface area contributed by atoms with Crippen molar-refractivity contribution in [2.45, 2.75) is 6.92 Å². The molecule has 0 aliphatic heterocycles. The van der Waals surface area contributed by atoms with Crippen molar-refractivity contribution in [1.82, 2.24) is 9.97 Å². The monoisotopic (exact) mass is 448 g/mol. The van der Waals surface area contributed by atoms with Crippen molar-refractivity contribution in [3.63, 3.8) is 0 Å². The first-order chi connectivity index (χ1) is 15.4. The van der Waals surface area contributed by atoms with Crippen LogP contribution in [0.3, 0.4) is 0 Å². The number of anilines is 2. The van der Waals surface area contributed by atoms with Gasteiger partial charge in [0.1, 0.15) is 23.3 Å². The zero-order valence-corrected chi connectivity index (χ0v) is 17.4. The standard InChI is InChI=1S/C23H14F2N4O2S/c1-13(30)29(21-7-6-15(24)9-19(21)25)23-28-16(12-32-23)8-14(10-26)22(31)18-11-27-20-5-3-2-4-17(18)20/h2-9,11-12,27H,1H3/b14-8+. The molecule has 4 aromatic rings. The molecule has 0 bridgehead atoms. The van der Waals surface area contributed by atoms with Crippen LogP contribution < -0.4 is 4.90 Å². The molecular weight excluding hydrogens is 434 g/mol. The Bertz CT molecular complexity index is 1430. The molecule has 0 aliphatic rings. The number of allylic oxidation sites excluding steroid dienone is 1. The summed E-state index contributed by atoms with van der Waals surface area (Å²) in [4.78, 5) is 33.3. The number of amides is 1. The number of aromatic amines is 1. The average molecular weight is 448 g/mol. The van der Waals surface area contributed by atoms with Gasteiger partial charge in [-0.25, -0.2) is 13.8 Å². The summed E-state index contributed by atoms with van der Waals surface area (Å²) in [6, 6.07) is 12.0. The molecule has 0 radical (unpaired) electrons. The van der Waals surface area contributed by atoms with E-state index in [1.165, 1.54) is 18.4 Å². The Balaban J connectivity index is 1.69. The number of carbonyl (C=O) groups is 2. The van der Waals surface area contributed by atoms with Gasteiger partial charge in [0.15, 0.2) is 5.13 Å². The largest absolute Gasteiger partial charge is 0.360 e. The predicted molar refractivity (Wildman–Crippen MR) is 118 cm³/mol. The molecule has 4 rings (SSSR count). The maximum Gasteiger partial charge on any atom is 0.230 e. The van der Waals surface area contributed by atoms with Gasteiger partial charge in [-0.05, 0) is 24.3 Å². The van der Waals surface area contributed by atoms with Crippen LogP contribution in [0.4, 0.5) is 19.6 Å². The van der Waals surface area contributed by atoms with E-state index in [4.69, 9.17) is 0 Å². The average Bonchev–Trinajstić information content (AvgIpc) is 3.40. The first kappa shape index (κ1) is 21.1. The van der Waals surface area contributed by atoms with Crippen molar-refractivity contribution >= 4 is 50.8 Å². The minimum Gasteiger partial charge on any atom is -0.360 e. The number of rotatable bonds is 5. The number of aromatic nitrogens is 2.